The number of para-hydroxylation sites is 1. The van der Waals surface area contributed by atoms with Crippen LogP contribution in [0.15, 0.2) is 79.0 Å². The molecular weight excluding hydrogens is 446 g/mol. The van der Waals surface area contributed by atoms with Crippen molar-refractivity contribution in [3.05, 3.63) is 95.7 Å². The van der Waals surface area contributed by atoms with Gasteiger partial charge in [-0.2, -0.15) is 0 Å². The average Bonchev–Trinajstić information content (AvgIpc) is 3.25. The lowest BCUT2D eigenvalue weighted by molar-refractivity contribution is -0.117. The van der Waals surface area contributed by atoms with Crippen molar-refractivity contribution >= 4 is 34.4 Å². The SMILES string of the molecule is CCOC(=O)c1c(NC(=O)C(N)Cc2ccccc2)ccc2c1c(C(=O)O)cn2-c1ccccc1. The standard InChI is InChI=1S/C27H25N3O5/c1-2-35-27(34)24-21(29-25(31)20(28)15-17-9-5-3-6-10-17)13-14-22-23(24)19(26(32)33)16-30(22)18-11-7-4-8-12-18/h3-14,16,20H,2,15,28H2,1H3,(H,29,31)(H,32,33). The number of rotatable bonds is 8. The monoisotopic (exact) mass is 471 g/mol. The predicted octanol–water partition coefficient (Wildman–Crippen LogP) is 4.01. The van der Waals surface area contributed by atoms with Crippen LogP contribution in [0.1, 0.15) is 33.2 Å². The van der Waals surface area contributed by atoms with E-state index < -0.39 is 23.9 Å². The maximum Gasteiger partial charge on any atom is 0.340 e. The molecule has 1 heterocycles. The molecule has 0 radical (unpaired) electrons. The van der Waals surface area contributed by atoms with Gasteiger partial charge in [-0.1, -0.05) is 48.5 Å². The van der Waals surface area contributed by atoms with E-state index in [1.165, 1.54) is 6.20 Å². The first-order valence-electron chi connectivity index (χ1n) is 11.1. The highest BCUT2D eigenvalue weighted by molar-refractivity contribution is 6.17. The number of ether oxygens (including phenoxy) is 1. The molecule has 178 valence electrons. The van der Waals surface area contributed by atoms with Crippen molar-refractivity contribution < 1.29 is 24.2 Å². The molecule has 0 fully saturated rings. The molecule has 0 aliphatic carbocycles. The number of anilines is 1. The topological polar surface area (TPSA) is 124 Å². The van der Waals surface area contributed by atoms with E-state index in [9.17, 15) is 19.5 Å². The number of fused-ring (bicyclic) bond motifs is 1. The van der Waals surface area contributed by atoms with Crippen LogP contribution in [0.25, 0.3) is 16.6 Å². The first kappa shape index (κ1) is 23.7. The highest BCUT2D eigenvalue weighted by Crippen LogP contribution is 2.33. The third-order valence-electron chi connectivity index (χ3n) is 5.61. The van der Waals surface area contributed by atoms with Gasteiger partial charge in [0.25, 0.3) is 0 Å². The summed E-state index contributed by atoms with van der Waals surface area (Å²) >= 11 is 0. The van der Waals surface area contributed by atoms with Crippen LogP contribution in [0.2, 0.25) is 0 Å². The summed E-state index contributed by atoms with van der Waals surface area (Å²) in [6, 6.07) is 20.8. The number of carbonyl (C=O) groups is 3. The second-order valence-corrected chi connectivity index (χ2v) is 7.94. The molecule has 1 aromatic heterocycles. The van der Waals surface area contributed by atoms with Gasteiger partial charge < -0.3 is 25.5 Å². The Kier molecular flexibility index (Phi) is 6.93. The quantitative estimate of drug-likeness (QED) is 0.334. The lowest BCUT2D eigenvalue weighted by Gasteiger charge is -2.16. The van der Waals surface area contributed by atoms with Gasteiger partial charge in [0.05, 0.1) is 35.0 Å². The zero-order valence-electron chi connectivity index (χ0n) is 19.1. The maximum absolute atomic E-state index is 13.0. The lowest BCUT2D eigenvalue weighted by atomic mass is 10.0. The number of carboxylic acid groups (broad SMARTS) is 1. The van der Waals surface area contributed by atoms with Crippen LogP contribution in [0, 0.1) is 0 Å². The molecule has 1 amide bonds. The molecule has 0 saturated heterocycles. The fourth-order valence-electron chi connectivity index (χ4n) is 4.00. The molecule has 8 heteroatoms. The first-order chi connectivity index (χ1) is 16.9. The van der Waals surface area contributed by atoms with Crippen LogP contribution < -0.4 is 11.1 Å². The summed E-state index contributed by atoms with van der Waals surface area (Å²) in [7, 11) is 0. The van der Waals surface area contributed by atoms with Gasteiger partial charge in [0.1, 0.15) is 0 Å². The van der Waals surface area contributed by atoms with Crippen molar-refractivity contribution in [3.63, 3.8) is 0 Å². The Morgan fingerprint density at radius 3 is 2.29 bits per heavy atom. The van der Waals surface area contributed by atoms with Crippen LogP contribution in [0.3, 0.4) is 0 Å². The predicted molar refractivity (Wildman–Crippen MR) is 133 cm³/mol. The number of aromatic nitrogens is 1. The number of amides is 1. The summed E-state index contributed by atoms with van der Waals surface area (Å²) in [5, 5.41) is 12.8. The molecule has 0 aliphatic heterocycles. The molecule has 1 unspecified atom stereocenters. The third-order valence-corrected chi connectivity index (χ3v) is 5.61. The van der Waals surface area contributed by atoms with Gasteiger partial charge in [0, 0.05) is 17.3 Å². The summed E-state index contributed by atoms with van der Waals surface area (Å²) in [5.41, 5.74) is 8.25. The average molecular weight is 472 g/mol. The molecule has 1 atom stereocenters. The number of carboxylic acids is 1. The third kappa shape index (κ3) is 4.92. The van der Waals surface area contributed by atoms with Crippen molar-refractivity contribution in [3.8, 4) is 5.69 Å². The zero-order chi connectivity index (χ0) is 24.9. The van der Waals surface area contributed by atoms with Crippen LogP contribution >= 0.6 is 0 Å². The number of esters is 1. The van der Waals surface area contributed by atoms with Gasteiger partial charge in [-0.05, 0) is 43.2 Å². The Hall–Kier alpha value is -4.43. The number of nitrogens with zero attached hydrogens (tertiary/aromatic N) is 1. The summed E-state index contributed by atoms with van der Waals surface area (Å²) < 4.78 is 6.93. The number of nitrogens with two attached hydrogens (primary N) is 1. The van der Waals surface area contributed by atoms with Gasteiger partial charge in [-0.3, -0.25) is 4.79 Å². The van der Waals surface area contributed by atoms with E-state index in [1.807, 2.05) is 60.7 Å². The van der Waals surface area contributed by atoms with E-state index in [1.54, 1.807) is 23.6 Å². The molecular formula is C27H25N3O5. The highest BCUT2D eigenvalue weighted by atomic mass is 16.5. The van der Waals surface area contributed by atoms with Gasteiger partial charge in [-0.25, -0.2) is 9.59 Å². The fraction of sp³-hybridized carbons (Fsp3) is 0.148. The van der Waals surface area contributed by atoms with Crippen molar-refractivity contribution in [1.29, 1.82) is 0 Å². The molecule has 0 bridgehead atoms. The van der Waals surface area contributed by atoms with Gasteiger partial charge >= 0.3 is 11.9 Å². The smallest absolute Gasteiger partial charge is 0.340 e. The maximum atomic E-state index is 13.0. The molecule has 4 aromatic rings. The molecule has 4 N–H and O–H groups in total. The van der Waals surface area contributed by atoms with Crippen LogP contribution in [0.4, 0.5) is 5.69 Å². The Balaban J connectivity index is 1.81. The Morgan fingerprint density at radius 2 is 1.66 bits per heavy atom. The molecule has 8 nitrogen and oxygen atoms in total. The zero-order valence-corrected chi connectivity index (χ0v) is 19.1. The van der Waals surface area contributed by atoms with Gasteiger partial charge in [-0.15, -0.1) is 0 Å². The first-order valence-corrected chi connectivity index (χ1v) is 11.1. The van der Waals surface area contributed by atoms with E-state index in [0.29, 0.717) is 11.9 Å². The number of carbonyl (C=O) groups excluding carboxylic acids is 2. The molecule has 35 heavy (non-hydrogen) atoms. The fourth-order valence-corrected chi connectivity index (χ4v) is 4.00. The Labute approximate surface area is 201 Å². The largest absolute Gasteiger partial charge is 0.478 e. The number of hydrogen-bond acceptors (Lipinski definition) is 5. The van der Waals surface area contributed by atoms with Crippen molar-refractivity contribution in [2.45, 2.75) is 19.4 Å². The Morgan fingerprint density at radius 1 is 1.00 bits per heavy atom. The summed E-state index contributed by atoms with van der Waals surface area (Å²) in [4.78, 5) is 38.1. The van der Waals surface area contributed by atoms with Crippen molar-refractivity contribution in [1.82, 2.24) is 4.57 Å². The van der Waals surface area contributed by atoms with Crippen molar-refractivity contribution in [2.75, 3.05) is 11.9 Å². The summed E-state index contributed by atoms with van der Waals surface area (Å²) in [5.74, 6) is -2.45. The van der Waals surface area contributed by atoms with E-state index in [4.69, 9.17) is 10.5 Å². The minimum atomic E-state index is -1.21. The van der Waals surface area contributed by atoms with Gasteiger partial charge in [0.2, 0.25) is 5.91 Å². The Bertz CT molecular complexity index is 1380. The molecule has 0 spiro atoms. The normalized spacial score (nSPS) is 11.7. The number of aromatic carboxylic acids is 1. The molecule has 4 rings (SSSR count). The molecule has 0 aliphatic rings. The van der Waals surface area contributed by atoms with Crippen molar-refractivity contribution in [2.24, 2.45) is 5.73 Å². The van der Waals surface area contributed by atoms with E-state index in [2.05, 4.69) is 5.32 Å². The van der Waals surface area contributed by atoms with Crippen LogP contribution in [0.5, 0.6) is 0 Å². The minimum Gasteiger partial charge on any atom is -0.478 e. The second kappa shape index (κ2) is 10.2. The minimum absolute atomic E-state index is 0.0308. The molecule has 3 aromatic carbocycles. The number of hydrogen-bond donors (Lipinski definition) is 3. The number of nitrogens with one attached hydrogen (secondary N) is 1. The summed E-state index contributed by atoms with van der Waals surface area (Å²) in [6.07, 6.45) is 1.76. The van der Waals surface area contributed by atoms with Gasteiger partial charge in [0.15, 0.2) is 0 Å². The van der Waals surface area contributed by atoms with E-state index in [-0.39, 0.29) is 28.8 Å². The molecule has 0 saturated carbocycles. The summed E-state index contributed by atoms with van der Waals surface area (Å²) in [6.45, 7) is 1.73. The lowest BCUT2D eigenvalue weighted by Crippen LogP contribution is -2.37. The number of benzene rings is 3. The van der Waals surface area contributed by atoms with Crippen LogP contribution in [-0.4, -0.2) is 40.2 Å². The second-order valence-electron chi connectivity index (χ2n) is 7.94. The van der Waals surface area contributed by atoms with E-state index in [0.717, 1.165) is 11.3 Å². The highest BCUT2D eigenvalue weighted by Gasteiger charge is 2.27. The van der Waals surface area contributed by atoms with Crippen LogP contribution in [-0.2, 0) is 16.0 Å². The van der Waals surface area contributed by atoms with E-state index >= 15 is 0 Å².